The van der Waals surface area contributed by atoms with Gasteiger partial charge in [0.15, 0.2) is 11.5 Å². The standard InChI is InChI=1S/C21H22BrN3O4/c1-2-28-19-11-15(12-23-25-21(27)20(26)24-17-8-9-17)5-10-18(19)29-13-14-3-6-16(22)7-4-14/h3-7,10-12,17H,2,8-9,13H2,1H3,(H,24,26)(H,25,27)/b23-12-. The van der Waals surface area contributed by atoms with Crippen molar-refractivity contribution in [3.05, 3.63) is 58.1 Å². The summed E-state index contributed by atoms with van der Waals surface area (Å²) in [4.78, 5) is 23.3. The van der Waals surface area contributed by atoms with E-state index < -0.39 is 11.8 Å². The summed E-state index contributed by atoms with van der Waals surface area (Å²) >= 11 is 3.41. The highest BCUT2D eigenvalue weighted by atomic mass is 79.9. The van der Waals surface area contributed by atoms with Gasteiger partial charge in [0.25, 0.3) is 0 Å². The van der Waals surface area contributed by atoms with Crippen LogP contribution in [0.4, 0.5) is 0 Å². The van der Waals surface area contributed by atoms with Gasteiger partial charge < -0.3 is 14.8 Å². The molecule has 1 saturated carbocycles. The fourth-order valence-corrected chi connectivity index (χ4v) is 2.69. The van der Waals surface area contributed by atoms with E-state index in [1.807, 2.05) is 31.2 Å². The first-order valence-electron chi connectivity index (χ1n) is 9.33. The topological polar surface area (TPSA) is 89.0 Å². The quantitative estimate of drug-likeness (QED) is 0.360. The van der Waals surface area contributed by atoms with Crippen LogP contribution in [0.1, 0.15) is 30.9 Å². The fraction of sp³-hybridized carbons (Fsp3) is 0.286. The Labute approximate surface area is 177 Å². The lowest BCUT2D eigenvalue weighted by Crippen LogP contribution is -2.38. The van der Waals surface area contributed by atoms with Gasteiger partial charge in [-0.2, -0.15) is 5.10 Å². The number of hydrogen-bond donors (Lipinski definition) is 2. The third-order valence-electron chi connectivity index (χ3n) is 4.07. The van der Waals surface area contributed by atoms with Crippen LogP contribution in [0.2, 0.25) is 0 Å². The second-order valence-electron chi connectivity index (χ2n) is 6.50. The Bertz CT molecular complexity index is 895. The van der Waals surface area contributed by atoms with Crippen LogP contribution in [0.3, 0.4) is 0 Å². The molecule has 3 rings (SSSR count). The molecule has 0 aliphatic heterocycles. The number of amides is 2. The van der Waals surface area contributed by atoms with Crippen LogP contribution in [0, 0.1) is 0 Å². The minimum atomic E-state index is -0.785. The number of carbonyl (C=O) groups is 2. The van der Waals surface area contributed by atoms with Crippen LogP contribution < -0.4 is 20.2 Å². The summed E-state index contributed by atoms with van der Waals surface area (Å²) in [5.74, 6) is -0.268. The fourth-order valence-electron chi connectivity index (χ4n) is 2.43. The highest BCUT2D eigenvalue weighted by Crippen LogP contribution is 2.29. The van der Waals surface area contributed by atoms with Gasteiger partial charge in [0, 0.05) is 10.5 Å². The molecule has 0 spiro atoms. The van der Waals surface area contributed by atoms with Crippen LogP contribution in [0.25, 0.3) is 0 Å². The zero-order chi connectivity index (χ0) is 20.6. The summed E-state index contributed by atoms with van der Waals surface area (Å²) in [7, 11) is 0. The molecule has 2 aromatic carbocycles. The van der Waals surface area contributed by atoms with Crippen molar-refractivity contribution in [3.63, 3.8) is 0 Å². The van der Waals surface area contributed by atoms with Crippen molar-refractivity contribution in [1.82, 2.24) is 10.7 Å². The largest absolute Gasteiger partial charge is 0.490 e. The van der Waals surface area contributed by atoms with E-state index in [1.54, 1.807) is 18.2 Å². The molecule has 2 N–H and O–H groups in total. The molecule has 0 atom stereocenters. The molecule has 7 nitrogen and oxygen atoms in total. The molecule has 0 heterocycles. The maximum atomic E-state index is 11.7. The summed E-state index contributed by atoms with van der Waals surface area (Å²) in [5, 5.41) is 6.44. The molecule has 29 heavy (non-hydrogen) atoms. The van der Waals surface area contributed by atoms with Gasteiger partial charge in [-0.05, 0) is 61.2 Å². The second kappa shape index (κ2) is 10.1. The van der Waals surface area contributed by atoms with Gasteiger partial charge in [-0.1, -0.05) is 28.1 Å². The number of nitrogens with zero attached hydrogens (tertiary/aromatic N) is 1. The average molecular weight is 460 g/mol. The first-order valence-corrected chi connectivity index (χ1v) is 10.1. The number of hydrogen-bond acceptors (Lipinski definition) is 5. The molecule has 1 aliphatic carbocycles. The van der Waals surface area contributed by atoms with Crippen LogP contribution in [0.15, 0.2) is 52.0 Å². The summed E-state index contributed by atoms with van der Waals surface area (Å²) in [6.07, 6.45) is 3.28. The number of hydrazone groups is 1. The van der Waals surface area contributed by atoms with Gasteiger partial charge in [-0.15, -0.1) is 0 Å². The molecule has 0 saturated heterocycles. The minimum absolute atomic E-state index is 0.121. The van der Waals surface area contributed by atoms with Crippen LogP contribution >= 0.6 is 15.9 Å². The molecular formula is C21H22BrN3O4. The van der Waals surface area contributed by atoms with E-state index in [0.717, 1.165) is 22.9 Å². The Balaban J connectivity index is 1.59. The Morgan fingerprint density at radius 3 is 2.55 bits per heavy atom. The summed E-state index contributed by atoms with van der Waals surface area (Å²) < 4.78 is 12.5. The van der Waals surface area contributed by atoms with Gasteiger partial charge in [0.1, 0.15) is 6.61 Å². The van der Waals surface area contributed by atoms with Crippen LogP contribution in [0.5, 0.6) is 11.5 Å². The van der Waals surface area contributed by atoms with Crippen molar-refractivity contribution in [1.29, 1.82) is 0 Å². The van der Waals surface area contributed by atoms with Crippen LogP contribution in [-0.4, -0.2) is 30.7 Å². The lowest BCUT2D eigenvalue weighted by molar-refractivity contribution is -0.139. The number of nitrogens with one attached hydrogen (secondary N) is 2. The molecule has 1 fully saturated rings. The molecule has 1 aliphatic rings. The van der Waals surface area contributed by atoms with Crippen molar-refractivity contribution in [2.75, 3.05) is 6.61 Å². The lowest BCUT2D eigenvalue weighted by atomic mass is 10.2. The number of carbonyl (C=O) groups excluding carboxylic acids is 2. The average Bonchev–Trinajstić information content (AvgIpc) is 3.52. The van der Waals surface area contributed by atoms with Crippen molar-refractivity contribution in [3.8, 4) is 11.5 Å². The molecule has 2 aromatic rings. The molecule has 2 amide bonds. The molecule has 152 valence electrons. The third kappa shape index (κ3) is 6.60. The third-order valence-corrected chi connectivity index (χ3v) is 4.60. The predicted octanol–water partition coefficient (Wildman–Crippen LogP) is 3.16. The normalized spacial score (nSPS) is 13.2. The molecule has 0 unspecified atom stereocenters. The number of rotatable bonds is 8. The first kappa shape index (κ1) is 20.9. The number of ether oxygens (including phenoxy) is 2. The highest BCUT2D eigenvalue weighted by molar-refractivity contribution is 9.10. The second-order valence-corrected chi connectivity index (χ2v) is 7.42. The van der Waals surface area contributed by atoms with Gasteiger partial charge in [0.2, 0.25) is 0 Å². The van der Waals surface area contributed by atoms with E-state index in [2.05, 4.69) is 31.8 Å². The number of benzene rings is 2. The van der Waals surface area contributed by atoms with Gasteiger partial charge >= 0.3 is 11.8 Å². The van der Waals surface area contributed by atoms with E-state index in [-0.39, 0.29) is 6.04 Å². The Hall–Kier alpha value is -2.87. The Kier molecular flexibility index (Phi) is 7.24. The zero-order valence-electron chi connectivity index (χ0n) is 16.0. The van der Waals surface area contributed by atoms with E-state index >= 15 is 0 Å². The Morgan fingerprint density at radius 1 is 1.10 bits per heavy atom. The zero-order valence-corrected chi connectivity index (χ0v) is 17.6. The van der Waals surface area contributed by atoms with Gasteiger partial charge in [0.05, 0.1) is 12.8 Å². The van der Waals surface area contributed by atoms with Crippen molar-refractivity contribution in [2.45, 2.75) is 32.4 Å². The first-order chi connectivity index (χ1) is 14.0. The number of halogens is 1. The highest BCUT2D eigenvalue weighted by Gasteiger charge is 2.26. The van der Waals surface area contributed by atoms with Crippen molar-refractivity contribution >= 4 is 34.0 Å². The molecular weight excluding hydrogens is 438 g/mol. The predicted molar refractivity (Wildman–Crippen MR) is 113 cm³/mol. The molecule has 0 aromatic heterocycles. The maximum Gasteiger partial charge on any atom is 0.329 e. The molecule has 0 radical (unpaired) electrons. The molecule has 0 bridgehead atoms. The summed E-state index contributed by atoms with van der Waals surface area (Å²) in [5.41, 5.74) is 3.96. The van der Waals surface area contributed by atoms with Crippen LogP contribution in [-0.2, 0) is 16.2 Å². The van der Waals surface area contributed by atoms with E-state index in [0.29, 0.717) is 30.3 Å². The smallest absolute Gasteiger partial charge is 0.329 e. The van der Waals surface area contributed by atoms with Crippen molar-refractivity contribution < 1.29 is 19.1 Å². The van der Waals surface area contributed by atoms with Gasteiger partial charge in [-0.3, -0.25) is 9.59 Å². The molecule has 8 heteroatoms. The van der Waals surface area contributed by atoms with Crippen molar-refractivity contribution in [2.24, 2.45) is 5.10 Å². The minimum Gasteiger partial charge on any atom is -0.490 e. The van der Waals surface area contributed by atoms with E-state index in [9.17, 15) is 9.59 Å². The van der Waals surface area contributed by atoms with Gasteiger partial charge in [-0.25, -0.2) is 5.43 Å². The SMILES string of the molecule is CCOc1cc(/C=N\NC(=O)C(=O)NC2CC2)ccc1OCc1ccc(Br)cc1. The summed E-state index contributed by atoms with van der Waals surface area (Å²) in [6, 6.07) is 13.3. The lowest BCUT2D eigenvalue weighted by Gasteiger charge is -2.12. The van der Waals surface area contributed by atoms with E-state index in [1.165, 1.54) is 6.21 Å². The maximum absolute atomic E-state index is 11.7. The van der Waals surface area contributed by atoms with E-state index in [4.69, 9.17) is 9.47 Å². The monoisotopic (exact) mass is 459 g/mol. The Morgan fingerprint density at radius 2 is 1.86 bits per heavy atom. The summed E-state index contributed by atoms with van der Waals surface area (Å²) in [6.45, 7) is 2.78.